The maximum Gasteiger partial charge on any atom is 0.323 e. The molecule has 206 valence electrons. The summed E-state index contributed by atoms with van der Waals surface area (Å²) < 4.78 is 22.9. The minimum atomic E-state index is -3.39. The summed E-state index contributed by atoms with van der Waals surface area (Å²) >= 11 is 18.8. The predicted molar refractivity (Wildman–Crippen MR) is 145 cm³/mol. The van der Waals surface area contributed by atoms with Crippen LogP contribution in [0.3, 0.4) is 0 Å². The first-order valence-corrected chi connectivity index (χ1v) is 14.9. The highest BCUT2D eigenvalue weighted by atomic mass is 35.5. The molecule has 0 unspecified atom stereocenters. The Morgan fingerprint density at radius 1 is 1.29 bits per heavy atom. The number of nitrogens with zero attached hydrogens (tertiary/aromatic N) is 4. The van der Waals surface area contributed by atoms with Crippen LogP contribution in [0.15, 0.2) is 43.0 Å². The number of nitrogens with one attached hydrogen (secondary N) is 1. The molecular formula is C22H27Cl2N6O6PS. The molecular weight excluding hydrogens is 578 g/mol. The number of hydrogen-bond donors (Lipinski definition) is 3. The van der Waals surface area contributed by atoms with Crippen LogP contribution >= 0.6 is 29.8 Å². The van der Waals surface area contributed by atoms with Gasteiger partial charge in [0.1, 0.15) is 35.8 Å². The number of carbonyl (C=O) groups is 1. The summed E-state index contributed by atoms with van der Waals surface area (Å²) in [5, 5.41) is 13.9. The predicted octanol–water partition coefficient (Wildman–Crippen LogP) is 3.09. The zero-order valence-electron chi connectivity index (χ0n) is 20.6. The van der Waals surface area contributed by atoms with E-state index in [1.54, 1.807) is 45.0 Å². The van der Waals surface area contributed by atoms with Crippen LogP contribution < -0.4 is 15.3 Å². The van der Waals surface area contributed by atoms with E-state index in [2.05, 4.69) is 20.0 Å². The molecule has 1 fully saturated rings. The molecule has 0 saturated carbocycles. The Labute approximate surface area is 234 Å². The quantitative estimate of drug-likeness (QED) is 0.177. The highest BCUT2D eigenvalue weighted by molar-refractivity contribution is 8.09. The van der Waals surface area contributed by atoms with Crippen LogP contribution in [0, 0.1) is 0 Å². The number of aromatic nitrogens is 4. The number of benzene rings is 1. The first kappa shape index (κ1) is 28.9. The van der Waals surface area contributed by atoms with Crippen molar-refractivity contribution in [1.29, 1.82) is 0 Å². The zero-order chi connectivity index (χ0) is 27.7. The number of nitrogen functional groups attached to an aromatic ring is 1. The van der Waals surface area contributed by atoms with E-state index in [1.807, 2.05) is 6.07 Å². The molecule has 4 N–H and O–H groups in total. The summed E-state index contributed by atoms with van der Waals surface area (Å²) in [6, 6.07) is 7.88. The molecule has 0 spiro atoms. The number of aliphatic hydroxyl groups is 1. The van der Waals surface area contributed by atoms with Gasteiger partial charge in [0.15, 0.2) is 22.0 Å². The van der Waals surface area contributed by atoms with Gasteiger partial charge in [-0.3, -0.25) is 9.36 Å². The molecule has 1 aliphatic rings. The van der Waals surface area contributed by atoms with Gasteiger partial charge in [0.05, 0.1) is 19.0 Å². The summed E-state index contributed by atoms with van der Waals surface area (Å²) in [4.78, 5) is 24.7. The second-order valence-electron chi connectivity index (χ2n) is 8.76. The highest BCUT2D eigenvalue weighted by Crippen LogP contribution is 2.50. The van der Waals surface area contributed by atoms with E-state index in [9.17, 15) is 9.90 Å². The fourth-order valence-electron chi connectivity index (χ4n) is 3.65. The van der Waals surface area contributed by atoms with Crippen LogP contribution in [-0.4, -0.2) is 65.9 Å². The zero-order valence-corrected chi connectivity index (χ0v) is 23.8. The fourth-order valence-corrected chi connectivity index (χ4v) is 6.67. The minimum absolute atomic E-state index is 0.164. The molecule has 3 heterocycles. The van der Waals surface area contributed by atoms with Crippen molar-refractivity contribution < 1.29 is 28.4 Å². The van der Waals surface area contributed by atoms with Gasteiger partial charge in [-0.05, 0) is 44.7 Å². The fraction of sp³-hybridized carbons (Fsp3) is 0.455. The number of nitrogens with two attached hydrogens (primary N) is 1. The molecule has 1 aliphatic heterocycles. The molecule has 1 saturated heterocycles. The number of fused-ring (bicyclic) bond motifs is 1. The highest BCUT2D eigenvalue weighted by Gasteiger charge is 2.56. The van der Waals surface area contributed by atoms with Gasteiger partial charge >= 0.3 is 12.6 Å². The van der Waals surface area contributed by atoms with Gasteiger partial charge in [0.25, 0.3) is 0 Å². The van der Waals surface area contributed by atoms with E-state index in [1.165, 1.54) is 17.2 Å². The molecule has 0 radical (unpaired) electrons. The number of halogens is 2. The third-order valence-electron chi connectivity index (χ3n) is 5.45. The van der Waals surface area contributed by atoms with Crippen molar-refractivity contribution in [3.63, 3.8) is 0 Å². The van der Waals surface area contributed by atoms with Crippen molar-refractivity contribution in [3.8, 4) is 5.75 Å². The van der Waals surface area contributed by atoms with Crippen LogP contribution in [0.25, 0.3) is 11.2 Å². The van der Waals surface area contributed by atoms with E-state index in [4.69, 9.17) is 59.3 Å². The number of para-hydroxylation sites is 1. The van der Waals surface area contributed by atoms with E-state index in [0.29, 0.717) is 16.9 Å². The molecule has 5 atom stereocenters. The van der Waals surface area contributed by atoms with E-state index < -0.39 is 41.4 Å². The van der Waals surface area contributed by atoms with Gasteiger partial charge in [0.2, 0.25) is 0 Å². The Kier molecular flexibility index (Phi) is 8.80. The van der Waals surface area contributed by atoms with Crippen molar-refractivity contribution in [2.75, 3.05) is 12.3 Å². The number of alkyl halides is 2. The van der Waals surface area contributed by atoms with Gasteiger partial charge in [-0.1, -0.05) is 41.4 Å². The van der Waals surface area contributed by atoms with Crippen LogP contribution in [0.5, 0.6) is 5.75 Å². The van der Waals surface area contributed by atoms with Crippen molar-refractivity contribution in [3.05, 3.63) is 43.0 Å². The Bertz CT molecular complexity index is 1330. The van der Waals surface area contributed by atoms with Crippen molar-refractivity contribution >= 4 is 64.6 Å². The largest absolute Gasteiger partial charge is 0.462 e. The molecule has 38 heavy (non-hydrogen) atoms. The molecule has 16 heteroatoms. The number of esters is 1. The Balaban J connectivity index is 1.54. The first-order valence-electron chi connectivity index (χ1n) is 11.5. The first-order chi connectivity index (χ1) is 17.9. The summed E-state index contributed by atoms with van der Waals surface area (Å²) in [7, 11) is 0. The summed E-state index contributed by atoms with van der Waals surface area (Å²) in [6.07, 6.45) is -1.21. The topological polar surface area (TPSA) is 156 Å². The van der Waals surface area contributed by atoms with E-state index in [-0.39, 0.29) is 18.5 Å². The van der Waals surface area contributed by atoms with Crippen LogP contribution in [0.1, 0.15) is 27.0 Å². The van der Waals surface area contributed by atoms with Crippen molar-refractivity contribution in [2.45, 2.75) is 55.7 Å². The smallest absolute Gasteiger partial charge is 0.323 e. The lowest BCUT2D eigenvalue weighted by Crippen LogP contribution is -2.39. The third kappa shape index (κ3) is 6.21. The Morgan fingerprint density at radius 2 is 2.00 bits per heavy atom. The molecule has 3 aromatic rings. The van der Waals surface area contributed by atoms with Crippen molar-refractivity contribution in [1.82, 2.24) is 24.6 Å². The van der Waals surface area contributed by atoms with Gasteiger partial charge in [-0.2, -0.15) is 0 Å². The van der Waals surface area contributed by atoms with Crippen LogP contribution in [0.2, 0.25) is 0 Å². The van der Waals surface area contributed by atoms with E-state index >= 15 is 0 Å². The van der Waals surface area contributed by atoms with Gasteiger partial charge in [-0.25, -0.2) is 20.0 Å². The lowest BCUT2D eigenvalue weighted by molar-refractivity contribution is -0.149. The summed E-state index contributed by atoms with van der Waals surface area (Å²) in [6.45, 7) is 1.39. The lowest BCUT2D eigenvalue weighted by Gasteiger charge is -2.28. The van der Waals surface area contributed by atoms with Crippen LogP contribution in [0.4, 0.5) is 5.82 Å². The van der Waals surface area contributed by atoms with Gasteiger partial charge in [-0.15, -0.1) is 0 Å². The number of aliphatic hydroxyl groups excluding tert-OH is 1. The number of hydrogen-bond acceptors (Lipinski definition) is 11. The lowest BCUT2D eigenvalue weighted by atomic mass is 10.2. The summed E-state index contributed by atoms with van der Waals surface area (Å²) in [5.41, 5.74) is 6.52. The molecule has 4 rings (SSSR count). The molecule has 0 aliphatic carbocycles. The molecule has 12 nitrogen and oxygen atoms in total. The average Bonchev–Trinajstić information content (AvgIpc) is 3.37. The normalized spacial score (nSPS) is 23.3. The second kappa shape index (κ2) is 11.6. The number of anilines is 1. The number of imidazole rings is 1. The standard InChI is InChI=1S/C22H27Cl2N6O6PS/c1-12(2)34-20(32)13(3)29-37(38,36-14-7-5-4-6-8-14)33-9-15-17(31)22(23,24)21(35-15)30-11-28-16-18(25)26-10-27-19(16)30/h4-8,10-13,15,17,21,31H,9H2,1-3H3,(H,29,38)(H2,25,26,27)/t13-,15-,17-,21-,37+/m1/s1. The molecule has 0 amide bonds. The number of ether oxygens (including phenoxy) is 2. The SMILES string of the molecule is CC(C)OC(=O)[C@@H](C)N[P@](=S)(OC[C@H]1O[C@@H](n2cnc3c(N)ncnc32)C(Cl)(Cl)[C@@H]1O)Oc1ccccc1. The summed E-state index contributed by atoms with van der Waals surface area (Å²) in [5.74, 6) is 0.0575. The maximum atomic E-state index is 12.4. The molecule has 2 aromatic heterocycles. The van der Waals surface area contributed by atoms with Gasteiger partial charge < -0.3 is 29.4 Å². The number of rotatable bonds is 10. The van der Waals surface area contributed by atoms with Crippen LogP contribution in [-0.2, 0) is 30.6 Å². The second-order valence-corrected chi connectivity index (χ2v) is 13.3. The Hall–Kier alpha value is -2.09. The number of carbonyl (C=O) groups excluding carboxylic acids is 1. The monoisotopic (exact) mass is 604 g/mol. The average molecular weight is 605 g/mol. The minimum Gasteiger partial charge on any atom is -0.462 e. The third-order valence-corrected chi connectivity index (χ3v) is 8.77. The maximum absolute atomic E-state index is 12.4. The van der Waals surface area contributed by atoms with Gasteiger partial charge in [0, 0.05) is 0 Å². The molecule has 1 aromatic carbocycles. The van der Waals surface area contributed by atoms with Crippen molar-refractivity contribution in [2.24, 2.45) is 0 Å². The van der Waals surface area contributed by atoms with E-state index in [0.717, 1.165) is 0 Å². The molecule has 0 bridgehead atoms. The Morgan fingerprint density at radius 3 is 2.68 bits per heavy atom.